The first-order valence-corrected chi connectivity index (χ1v) is 8.31. The summed E-state index contributed by atoms with van der Waals surface area (Å²) in [6.45, 7) is 3.25. The summed E-state index contributed by atoms with van der Waals surface area (Å²) >= 11 is 0. The summed E-state index contributed by atoms with van der Waals surface area (Å²) in [5.74, 6) is 0. The van der Waals surface area contributed by atoms with Crippen LogP contribution in [0.25, 0.3) is 0 Å². The molecule has 3 heteroatoms. The highest BCUT2D eigenvalue weighted by atomic mass is 16.5. The van der Waals surface area contributed by atoms with Crippen molar-refractivity contribution in [1.29, 1.82) is 0 Å². The molecule has 1 aromatic carbocycles. The van der Waals surface area contributed by atoms with Crippen LogP contribution in [0.3, 0.4) is 0 Å². The van der Waals surface area contributed by atoms with Crippen LogP contribution in [0.5, 0.6) is 0 Å². The van der Waals surface area contributed by atoms with E-state index in [1.54, 1.807) is 0 Å². The molecule has 1 fully saturated rings. The van der Waals surface area contributed by atoms with Crippen molar-refractivity contribution in [3.05, 3.63) is 35.9 Å². The van der Waals surface area contributed by atoms with Crippen LogP contribution in [0.15, 0.2) is 30.3 Å². The molecule has 0 spiro atoms. The normalized spacial score (nSPS) is 18.8. The van der Waals surface area contributed by atoms with E-state index >= 15 is 0 Å². The number of aryl methyl sites for hydroxylation is 1. The Morgan fingerprint density at radius 3 is 2.67 bits per heavy atom. The molecule has 2 N–H and O–H groups in total. The minimum atomic E-state index is -0.398. The number of aliphatic hydroxyl groups is 1. The quantitative estimate of drug-likeness (QED) is 0.735. The summed E-state index contributed by atoms with van der Waals surface area (Å²) in [6, 6.07) is 10.9. The number of nitrogens with one attached hydrogen (secondary N) is 1. The van der Waals surface area contributed by atoms with Gasteiger partial charge >= 0.3 is 0 Å². The molecule has 0 bridgehead atoms. The van der Waals surface area contributed by atoms with Crippen LogP contribution in [0.1, 0.15) is 44.6 Å². The third-order valence-corrected chi connectivity index (χ3v) is 4.24. The molecule has 0 aromatic heterocycles. The smallest absolute Gasteiger partial charge is 0.0897 e. The van der Waals surface area contributed by atoms with E-state index in [1.165, 1.54) is 18.4 Å². The summed E-state index contributed by atoms with van der Waals surface area (Å²) in [4.78, 5) is 0. The highest BCUT2D eigenvalue weighted by molar-refractivity contribution is 5.14. The molecule has 2 rings (SSSR count). The van der Waals surface area contributed by atoms with Gasteiger partial charge in [0.25, 0.3) is 0 Å². The van der Waals surface area contributed by atoms with E-state index in [-0.39, 0.29) is 0 Å². The lowest BCUT2D eigenvalue weighted by molar-refractivity contribution is -0.00613. The first kappa shape index (κ1) is 16.5. The van der Waals surface area contributed by atoms with Gasteiger partial charge in [-0.05, 0) is 38.2 Å². The van der Waals surface area contributed by atoms with Gasteiger partial charge in [-0.3, -0.25) is 0 Å². The highest BCUT2D eigenvalue weighted by Gasteiger charge is 2.17. The Labute approximate surface area is 128 Å². The predicted molar refractivity (Wildman–Crippen MR) is 86.4 cm³/mol. The van der Waals surface area contributed by atoms with Crippen LogP contribution in [0.2, 0.25) is 0 Å². The summed E-state index contributed by atoms with van der Waals surface area (Å²) in [7, 11) is 0. The Balaban J connectivity index is 1.54. The largest absolute Gasteiger partial charge is 0.389 e. The molecule has 1 aliphatic carbocycles. The molecule has 0 saturated heterocycles. The molecule has 21 heavy (non-hydrogen) atoms. The Kier molecular flexibility index (Phi) is 7.20. The van der Waals surface area contributed by atoms with E-state index in [9.17, 15) is 5.11 Å². The van der Waals surface area contributed by atoms with Gasteiger partial charge in [-0.2, -0.15) is 0 Å². The van der Waals surface area contributed by atoms with Crippen LogP contribution < -0.4 is 5.32 Å². The van der Waals surface area contributed by atoms with E-state index in [4.69, 9.17) is 4.74 Å². The molecule has 1 aliphatic rings. The standard InChI is InChI=1S/C18H29NO2/c1-15(11-12-16-7-3-2-4-8-16)19-13-17(20)14-21-18-9-5-6-10-18/h2-4,7-8,15,17-20H,5-6,9-14H2,1H3. The van der Waals surface area contributed by atoms with E-state index in [1.807, 2.05) is 6.07 Å². The number of benzene rings is 1. The zero-order valence-corrected chi connectivity index (χ0v) is 13.1. The van der Waals surface area contributed by atoms with E-state index in [2.05, 4.69) is 36.5 Å². The van der Waals surface area contributed by atoms with Crippen LogP contribution in [-0.2, 0) is 11.2 Å². The van der Waals surface area contributed by atoms with Crippen molar-refractivity contribution in [2.75, 3.05) is 13.2 Å². The van der Waals surface area contributed by atoms with Gasteiger partial charge in [0.05, 0.1) is 18.8 Å². The van der Waals surface area contributed by atoms with Gasteiger partial charge in [0.1, 0.15) is 0 Å². The zero-order valence-electron chi connectivity index (χ0n) is 13.1. The third kappa shape index (κ3) is 6.60. The maximum absolute atomic E-state index is 9.96. The second kappa shape index (κ2) is 9.19. The average Bonchev–Trinajstić information content (AvgIpc) is 3.03. The SMILES string of the molecule is CC(CCc1ccccc1)NCC(O)COC1CCCC1. The molecule has 0 aliphatic heterocycles. The number of rotatable bonds is 9. The molecule has 0 radical (unpaired) electrons. The lowest BCUT2D eigenvalue weighted by Crippen LogP contribution is -2.36. The van der Waals surface area contributed by atoms with Crippen molar-refractivity contribution in [3.63, 3.8) is 0 Å². The number of hydrogen-bond acceptors (Lipinski definition) is 3. The summed E-state index contributed by atoms with van der Waals surface area (Å²) in [5, 5.41) is 13.4. The van der Waals surface area contributed by atoms with Gasteiger partial charge < -0.3 is 15.2 Å². The molecule has 3 nitrogen and oxygen atoms in total. The maximum Gasteiger partial charge on any atom is 0.0897 e. The van der Waals surface area contributed by atoms with Crippen LogP contribution in [0, 0.1) is 0 Å². The van der Waals surface area contributed by atoms with Crippen molar-refractivity contribution in [3.8, 4) is 0 Å². The van der Waals surface area contributed by atoms with Gasteiger partial charge in [-0.15, -0.1) is 0 Å². The Hall–Kier alpha value is -0.900. The monoisotopic (exact) mass is 291 g/mol. The van der Waals surface area contributed by atoms with E-state index in [0.29, 0.717) is 25.3 Å². The minimum absolute atomic E-state index is 0.384. The molecule has 118 valence electrons. The molecular formula is C18H29NO2. The van der Waals surface area contributed by atoms with Crippen molar-refractivity contribution < 1.29 is 9.84 Å². The van der Waals surface area contributed by atoms with E-state index < -0.39 is 6.10 Å². The lowest BCUT2D eigenvalue weighted by atomic mass is 10.1. The van der Waals surface area contributed by atoms with Gasteiger partial charge in [-0.1, -0.05) is 43.2 Å². The number of aliphatic hydroxyl groups excluding tert-OH is 1. The fraction of sp³-hybridized carbons (Fsp3) is 0.667. The Bertz CT molecular complexity index is 376. The van der Waals surface area contributed by atoms with Crippen molar-refractivity contribution in [1.82, 2.24) is 5.32 Å². The summed E-state index contributed by atoms with van der Waals surface area (Å²) in [5.41, 5.74) is 1.37. The van der Waals surface area contributed by atoms with Crippen molar-refractivity contribution in [2.45, 2.75) is 63.7 Å². The second-order valence-electron chi connectivity index (χ2n) is 6.23. The molecule has 1 aromatic rings. The molecular weight excluding hydrogens is 262 g/mol. The van der Waals surface area contributed by atoms with Crippen LogP contribution >= 0.6 is 0 Å². The van der Waals surface area contributed by atoms with Gasteiger partial charge in [0.15, 0.2) is 0 Å². The summed E-state index contributed by atoms with van der Waals surface area (Å²) < 4.78 is 5.74. The van der Waals surface area contributed by atoms with Crippen molar-refractivity contribution >= 4 is 0 Å². The summed E-state index contributed by atoms with van der Waals surface area (Å²) in [6.07, 6.45) is 7.01. The third-order valence-electron chi connectivity index (χ3n) is 4.24. The van der Waals surface area contributed by atoms with E-state index in [0.717, 1.165) is 25.7 Å². The molecule has 2 unspecified atom stereocenters. The lowest BCUT2D eigenvalue weighted by Gasteiger charge is -2.19. The minimum Gasteiger partial charge on any atom is -0.389 e. The van der Waals surface area contributed by atoms with Gasteiger partial charge in [-0.25, -0.2) is 0 Å². The number of ether oxygens (including phenoxy) is 1. The Morgan fingerprint density at radius 2 is 1.95 bits per heavy atom. The number of hydrogen-bond donors (Lipinski definition) is 2. The fourth-order valence-corrected chi connectivity index (χ4v) is 2.83. The van der Waals surface area contributed by atoms with Gasteiger partial charge in [0, 0.05) is 12.6 Å². The van der Waals surface area contributed by atoms with Crippen LogP contribution in [-0.4, -0.2) is 36.5 Å². The van der Waals surface area contributed by atoms with Crippen LogP contribution in [0.4, 0.5) is 0 Å². The Morgan fingerprint density at radius 1 is 1.24 bits per heavy atom. The molecule has 0 heterocycles. The molecule has 0 amide bonds. The predicted octanol–water partition coefficient (Wildman–Crippen LogP) is 2.92. The van der Waals surface area contributed by atoms with Gasteiger partial charge in [0.2, 0.25) is 0 Å². The first-order valence-electron chi connectivity index (χ1n) is 8.31. The maximum atomic E-state index is 9.96. The molecule has 2 atom stereocenters. The highest BCUT2D eigenvalue weighted by Crippen LogP contribution is 2.20. The zero-order chi connectivity index (χ0) is 14.9. The molecule has 1 saturated carbocycles. The first-order chi connectivity index (χ1) is 10.2. The average molecular weight is 291 g/mol. The van der Waals surface area contributed by atoms with Crippen molar-refractivity contribution in [2.24, 2.45) is 0 Å². The topological polar surface area (TPSA) is 41.5 Å². The fourth-order valence-electron chi connectivity index (χ4n) is 2.83. The second-order valence-corrected chi connectivity index (χ2v) is 6.23.